The molecule has 66 valence electrons. The zero-order chi connectivity index (χ0) is 9.30. The molecule has 0 saturated heterocycles. The Morgan fingerprint density at radius 3 is 2.42 bits per heavy atom. The summed E-state index contributed by atoms with van der Waals surface area (Å²) in [7, 11) is 0. The number of rotatable bonds is 1. The molecule has 1 rings (SSSR count). The molecule has 0 aliphatic carbocycles. The monoisotopic (exact) mass is 397 g/mol. The highest BCUT2D eigenvalue weighted by Gasteiger charge is 2.19. The Labute approximate surface area is 94.7 Å². The van der Waals surface area contributed by atoms with E-state index in [-0.39, 0.29) is 12.8 Å². The smallest absolute Gasteiger partial charge is 0.268 e. The summed E-state index contributed by atoms with van der Waals surface area (Å²) < 4.78 is 25.0. The molecule has 0 radical (unpaired) electrons. The summed E-state index contributed by atoms with van der Waals surface area (Å²) in [5.74, 6) is -0.419. The summed E-state index contributed by atoms with van der Waals surface area (Å²) in [5.41, 5.74) is -0.338. The van der Waals surface area contributed by atoms with Crippen LogP contribution in [0.1, 0.15) is 12.0 Å². The van der Waals surface area contributed by atoms with Gasteiger partial charge >= 0.3 is 0 Å². The van der Waals surface area contributed by atoms with E-state index in [9.17, 15) is 13.9 Å². The fourth-order valence-electron chi connectivity index (χ4n) is 0.676. The van der Waals surface area contributed by atoms with Crippen LogP contribution < -0.4 is 0 Å². The SMILES string of the molecule is Oc1c(I)ncc(I)c1C(F)F. The third-order valence-corrected chi connectivity index (χ3v) is 2.87. The number of aromatic hydroxyl groups is 1. The van der Waals surface area contributed by atoms with Gasteiger partial charge in [0.25, 0.3) is 6.43 Å². The van der Waals surface area contributed by atoms with Gasteiger partial charge in [-0.2, -0.15) is 0 Å². The van der Waals surface area contributed by atoms with Crippen LogP contribution in [-0.2, 0) is 0 Å². The zero-order valence-electron chi connectivity index (χ0n) is 5.56. The van der Waals surface area contributed by atoms with Crippen molar-refractivity contribution in [3.05, 3.63) is 19.0 Å². The maximum absolute atomic E-state index is 12.3. The van der Waals surface area contributed by atoms with Crippen LogP contribution in [-0.4, -0.2) is 10.1 Å². The molecule has 2 nitrogen and oxygen atoms in total. The largest absolute Gasteiger partial charge is 0.505 e. The van der Waals surface area contributed by atoms with Gasteiger partial charge in [0.1, 0.15) is 3.70 Å². The van der Waals surface area contributed by atoms with E-state index in [1.807, 2.05) is 0 Å². The molecule has 1 aromatic rings. The molecule has 0 unspecified atom stereocenters. The fraction of sp³-hybridized carbons (Fsp3) is 0.167. The Morgan fingerprint density at radius 1 is 1.42 bits per heavy atom. The molecular formula is C6H3F2I2NO. The van der Waals surface area contributed by atoms with E-state index in [1.165, 1.54) is 6.20 Å². The highest BCUT2D eigenvalue weighted by Crippen LogP contribution is 2.34. The van der Waals surface area contributed by atoms with Crippen molar-refractivity contribution in [3.8, 4) is 5.75 Å². The summed E-state index contributed by atoms with van der Waals surface area (Å²) in [6, 6.07) is 0. The maximum Gasteiger partial charge on any atom is 0.268 e. The lowest BCUT2D eigenvalue weighted by molar-refractivity contribution is 0.146. The number of halogens is 4. The predicted octanol–water partition coefficient (Wildman–Crippen LogP) is 2.93. The number of alkyl halides is 2. The number of hydrogen-bond donors (Lipinski definition) is 1. The van der Waals surface area contributed by atoms with E-state index >= 15 is 0 Å². The predicted molar refractivity (Wildman–Crippen MR) is 56.3 cm³/mol. The van der Waals surface area contributed by atoms with Gasteiger partial charge in [-0.05, 0) is 45.2 Å². The molecule has 0 fully saturated rings. The van der Waals surface area contributed by atoms with Gasteiger partial charge in [0.2, 0.25) is 0 Å². The maximum atomic E-state index is 12.3. The number of hydrogen-bond acceptors (Lipinski definition) is 2. The van der Waals surface area contributed by atoms with E-state index in [1.54, 1.807) is 45.2 Å². The quantitative estimate of drug-likeness (QED) is 0.585. The third-order valence-electron chi connectivity index (χ3n) is 1.22. The van der Waals surface area contributed by atoms with Crippen molar-refractivity contribution in [3.63, 3.8) is 0 Å². The molecule has 6 heteroatoms. The molecule has 0 amide bonds. The summed E-state index contributed by atoms with van der Waals surface area (Å²) in [6.07, 6.45) is -1.35. The minimum absolute atomic E-state index is 0.198. The van der Waals surface area contributed by atoms with Gasteiger partial charge in [0.15, 0.2) is 5.75 Å². The molecule has 0 bridgehead atoms. The van der Waals surface area contributed by atoms with Gasteiger partial charge in [0, 0.05) is 9.77 Å². The fourth-order valence-corrected chi connectivity index (χ4v) is 1.74. The Kier molecular flexibility index (Phi) is 3.44. The standard InChI is InChI=1S/C6H3F2I2NO/c7-5(8)3-2(9)1-11-6(10)4(3)12/h1,5,12H. The van der Waals surface area contributed by atoms with Crippen LogP contribution in [0.5, 0.6) is 5.75 Å². The summed E-state index contributed by atoms with van der Waals surface area (Å²) in [5, 5.41) is 9.19. The molecule has 12 heavy (non-hydrogen) atoms. The van der Waals surface area contributed by atoms with Crippen molar-refractivity contribution >= 4 is 45.2 Å². The molecule has 0 spiro atoms. The second kappa shape index (κ2) is 3.99. The minimum Gasteiger partial charge on any atom is -0.505 e. The lowest BCUT2D eigenvalue weighted by atomic mass is 10.2. The van der Waals surface area contributed by atoms with Crippen LogP contribution >= 0.6 is 45.2 Å². The van der Waals surface area contributed by atoms with E-state index in [2.05, 4.69) is 4.98 Å². The molecule has 0 atom stereocenters. The van der Waals surface area contributed by atoms with Gasteiger partial charge in [-0.3, -0.25) is 0 Å². The molecule has 0 aliphatic rings. The second-order valence-corrected chi connectivity index (χ2v) is 4.14. The van der Waals surface area contributed by atoms with Gasteiger partial charge in [-0.1, -0.05) is 0 Å². The van der Waals surface area contributed by atoms with Crippen molar-refractivity contribution in [2.75, 3.05) is 0 Å². The summed E-state index contributed by atoms with van der Waals surface area (Å²) in [6.45, 7) is 0. The van der Waals surface area contributed by atoms with Gasteiger partial charge in [-0.15, -0.1) is 0 Å². The second-order valence-electron chi connectivity index (χ2n) is 1.96. The molecule has 0 aromatic carbocycles. The molecule has 1 aromatic heterocycles. The van der Waals surface area contributed by atoms with Crippen LogP contribution in [0.15, 0.2) is 6.20 Å². The van der Waals surface area contributed by atoms with Crippen LogP contribution in [0, 0.1) is 7.27 Å². The number of nitrogens with zero attached hydrogens (tertiary/aromatic N) is 1. The first-order chi connectivity index (χ1) is 5.54. The van der Waals surface area contributed by atoms with E-state index in [0.29, 0.717) is 0 Å². The Balaban J connectivity index is 3.33. The average Bonchev–Trinajstić information content (AvgIpc) is 1.97. The number of aromatic nitrogens is 1. The lowest BCUT2D eigenvalue weighted by Crippen LogP contribution is -1.94. The summed E-state index contributed by atoms with van der Waals surface area (Å²) in [4.78, 5) is 3.72. The average molecular weight is 397 g/mol. The van der Waals surface area contributed by atoms with Crippen LogP contribution in [0.2, 0.25) is 0 Å². The van der Waals surface area contributed by atoms with Crippen molar-refractivity contribution < 1.29 is 13.9 Å². The Morgan fingerprint density at radius 2 is 2.00 bits per heavy atom. The first-order valence-corrected chi connectivity index (χ1v) is 5.00. The van der Waals surface area contributed by atoms with Gasteiger partial charge in [0.05, 0.1) is 5.56 Å². The van der Waals surface area contributed by atoms with Crippen molar-refractivity contribution in [1.82, 2.24) is 4.98 Å². The van der Waals surface area contributed by atoms with Crippen molar-refractivity contribution in [1.29, 1.82) is 0 Å². The van der Waals surface area contributed by atoms with Crippen molar-refractivity contribution in [2.45, 2.75) is 6.43 Å². The summed E-state index contributed by atoms with van der Waals surface area (Å²) >= 11 is 3.41. The third kappa shape index (κ3) is 1.95. The zero-order valence-corrected chi connectivity index (χ0v) is 9.88. The topological polar surface area (TPSA) is 33.1 Å². The molecule has 1 N–H and O–H groups in total. The first kappa shape index (κ1) is 10.4. The highest BCUT2D eigenvalue weighted by atomic mass is 127. The minimum atomic E-state index is -2.66. The molecular weight excluding hydrogens is 394 g/mol. The van der Waals surface area contributed by atoms with Gasteiger partial charge in [-0.25, -0.2) is 13.8 Å². The Hall–Kier alpha value is 0.270. The number of pyridine rings is 1. The van der Waals surface area contributed by atoms with Crippen LogP contribution in [0.3, 0.4) is 0 Å². The molecule has 0 saturated carbocycles. The van der Waals surface area contributed by atoms with Crippen molar-refractivity contribution in [2.24, 2.45) is 0 Å². The molecule has 1 heterocycles. The van der Waals surface area contributed by atoms with Gasteiger partial charge < -0.3 is 5.11 Å². The van der Waals surface area contributed by atoms with E-state index in [0.717, 1.165) is 0 Å². The highest BCUT2D eigenvalue weighted by molar-refractivity contribution is 14.1. The van der Waals surface area contributed by atoms with E-state index in [4.69, 9.17) is 0 Å². The lowest BCUT2D eigenvalue weighted by Gasteiger charge is -2.06. The first-order valence-electron chi connectivity index (χ1n) is 2.85. The molecule has 0 aliphatic heterocycles. The van der Waals surface area contributed by atoms with E-state index < -0.39 is 12.2 Å². The van der Waals surface area contributed by atoms with Crippen LogP contribution in [0.4, 0.5) is 8.78 Å². The van der Waals surface area contributed by atoms with Crippen LogP contribution in [0.25, 0.3) is 0 Å². The normalized spacial score (nSPS) is 10.8. The Bertz CT molecular complexity index is 306.